The van der Waals surface area contributed by atoms with Gasteiger partial charge in [-0.25, -0.2) is 9.97 Å². The van der Waals surface area contributed by atoms with Gasteiger partial charge >= 0.3 is 0 Å². The molecule has 120 valence electrons. The van der Waals surface area contributed by atoms with Crippen LogP contribution < -0.4 is 10.6 Å². The Labute approximate surface area is 140 Å². The SMILES string of the molecule is C=CC(=O)Nc1ccc2ncnc(NC(C)c3ccccc3)c2c1. The quantitative estimate of drug-likeness (QED) is 0.700. The molecule has 1 amide bonds. The van der Waals surface area contributed by atoms with Crippen LogP contribution in [0.4, 0.5) is 11.5 Å². The molecule has 0 radical (unpaired) electrons. The third-order valence-corrected chi connectivity index (χ3v) is 3.74. The summed E-state index contributed by atoms with van der Waals surface area (Å²) in [7, 11) is 0. The molecule has 1 aromatic heterocycles. The van der Waals surface area contributed by atoms with Crippen molar-refractivity contribution in [1.82, 2.24) is 9.97 Å². The monoisotopic (exact) mass is 318 g/mol. The van der Waals surface area contributed by atoms with Gasteiger partial charge in [0.15, 0.2) is 0 Å². The third kappa shape index (κ3) is 3.41. The summed E-state index contributed by atoms with van der Waals surface area (Å²) < 4.78 is 0. The molecule has 3 aromatic rings. The summed E-state index contributed by atoms with van der Waals surface area (Å²) in [5, 5.41) is 7.02. The molecule has 24 heavy (non-hydrogen) atoms. The molecule has 5 heteroatoms. The zero-order valence-electron chi connectivity index (χ0n) is 13.4. The third-order valence-electron chi connectivity index (χ3n) is 3.74. The van der Waals surface area contributed by atoms with E-state index in [0.29, 0.717) is 5.69 Å². The molecular formula is C19H18N4O. The second-order valence-corrected chi connectivity index (χ2v) is 5.42. The minimum atomic E-state index is -0.252. The molecule has 0 fully saturated rings. The Bertz CT molecular complexity index is 877. The van der Waals surface area contributed by atoms with Crippen molar-refractivity contribution in [3.63, 3.8) is 0 Å². The lowest BCUT2D eigenvalue weighted by molar-refractivity contribution is -0.111. The molecule has 1 atom stereocenters. The molecule has 0 saturated carbocycles. The van der Waals surface area contributed by atoms with Gasteiger partial charge in [-0.15, -0.1) is 0 Å². The molecule has 2 aromatic carbocycles. The van der Waals surface area contributed by atoms with Crippen molar-refractivity contribution in [1.29, 1.82) is 0 Å². The highest BCUT2D eigenvalue weighted by atomic mass is 16.1. The van der Waals surface area contributed by atoms with E-state index in [1.54, 1.807) is 6.07 Å². The van der Waals surface area contributed by atoms with Crippen LogP contribution in [0.25, 0.3) is 10.9 Å². The molecule has 0 spiro atoms. The summed E-state index contributed by atoms with van der Waals surface area (Å²) in [4.78, 5) is 20.1. The Hall–Kier alpha value is -3.21. The van der Waals surface area contributed by atoms with Crippen LogP contribution in [-0.2, 0) is 4.79 Å². The Kier molecular flexibility index (Phi) is 4.52. The molecule has 0 aliphatic carbocycles. The first-order chi connectivity index (χ1) is 11.7. The van der Waals surface area contributed by atoms with Gasteiger partial charge in [0.1, 0.15) is 12.1 Å². The Balaban J connectivity index is 1.93. The van der Waals surface area contributed by atoms with Crippen molar-refractivity contribution in [2.24, 2.45) is 0 Å². The smallest absolute Gasteiger partial charge is 0.247 e. The number of carbonyl (C=O) groups excluding carboxylic acids is 1. The van der Waals surface area contributed by atoms with Gasteiger partial charge in [-0.1, -0.05) is 36.9 Å². The number of carbonyl (C=O) groups is 1. The predicted molar refractivity (Wildman–Crippen MR) is 96.8 cm³/mol. The molecule has 2 N–H and O–H groups in total. The van der Waals surface area contributed by atoms with Crippen LogP contribution in [0.5, 0.6) is 0 Å². The van der Waals surface area contributed by atoms with Crippen molar-refractivity contribution in [3.8, 4) is 0 Å². The topological polar surface area (TPSA) is 66.9 Å². The van der Waals surface area contributed by atoms with Crippen LogP contribution in [0.1, 0.15) is 18.5 Å². The number of nitrogens with one attached hydrogen (secondary N) is 2. The number of hydrogen-bond donors (Lipinski definition) is 2. The average Bonchev–Trinajstić information content (AvgIpc) is 2.62. The summed E-state index contributed by atoms with van der Waals surface area (Å²) in [6.07, 6.45) is 2.77. The summed E-state index contributed by atoms with van der Waals surface area (Å²) in [6.45, 7) is 5.54. The number of aromatic nitrogens is 2. The maximum Gasteiger partial charge on any atom is 0.247 e. The van der Waals surface area contributed by atoms with Crippen molar-refractivity contribution in [3.05, 3.63) is 73.1 Å². The summed E-state index contributed by atoms with van der Waals surface area (Å²) in [5.74, 6) is 0.476. The highest BCUT2D eigenvalue weighted by Crippen LogP contribution is 2.26. The molecule has 0 bridgehead atoms. The van der Waals surface area contributed by atoms with Crippen molar-refractivity contribution in [2.45, 2.75) is 13.0 Å². The first-order valence-corrected chi connectivity index (χ1v) is 7.67. The highest BCUT2D eigenvalue weighted by molar-refractivity contribution is 6.01. The van der Waals surface area contributed by atoms with E-state index in [9.17, 15) is 4.79 Å². The van der Waals surface area contributed by atoms with E-state index in [0.717, 1.165) is 16.7 Å². The van der Waals surface area contributed by atoms with Crippen molar-refractivity contribution < 1.29 is 4.79 Å². The van der Waals surface area contributed by atoms with Crippen LogP contribution in [0.2, 0.25) is 0 Å². The number of nitrogens with zero attached hydrogens (tertiary/aromatic N) is 2. The van der Waals surface area contributed by atoms with Gasteiger partial charge in [-0.05, 0) is 36.8 Å². The maximum absolute atomic E-state index is 11.5. The van der Waals surface area contributed by atoms with Gasteiger partial charge in [-0.2, -0.15) is 0 Å². The normalized spacial score (nSPS) is 11.7. The van der Waals surface area contributed by atoms with Gasteiger partial charge in [0.05, 0.1) is 5.52 Å². The van der Waals surface area contributed by atoms with E-state index in [2.05, 4.69) is 46.2 Å². The van der Waals surface area contributed by atoms with E-state index >= 15 is 0 Å². The number of rotatable bonds is 5. The fraction of sp³-hybridized carbons (Fsp3) is 0.105. The predicted octanol–water partition coefficient (Wildman–Crippen LogP) is 3.93. The fourth-order valence-electron chi connectivity index (χ4n) is 2.47. The van der Waals surface area contributed by atoms with E-state index in [4.69, 9.17) is 0 Å². The number of anilines is 2. The van der Waals surface area contributed by atoms with Crippen molar-refractivity contribution in [2.75, 3.05) is 10.6 Å². The summed E-state index contributed by atoms with van der Waals surface area (Å²) in [5.41, 5.74) is 2.65. The molecular weight excluding hydrogens is 300 g/mol. The molecule has 1 unspecified atom stereocenters. The van der Waals surface area contributed by atoms with Gasteiger partial charge < -0.3 is 10.6 Å². The zero-order valence-corrected chi connectivity index (χ0v) is 13.4. The van der Waals surface area contributed by atoms with E-state index in [1.165, 1.54) is 18.0 Å². The second-order valence-electron chi connectivity index (χ2n) is 5.42. The number of amides is 1. The molecule has 0 saturated heterocycles. The molecule has 0 aliphatic rings. The molecule has 3 rings (SSSR count). The lowest BCUT2D eigenvalue weighted by Gasteiger charge is -2.16. The number of hydrogen-bond acceptors (Lipinski definition) is 4. The maximum atomic E-state index is 11.5. The number of benzene rings is 2. The minimum Gasteiger partial charge on any atom is -0.363 e. The van der Waals surface area contributed by atoms with Crippen LogP contribution >= 0.6 is 0 Å². The number of fused-ring (bicyclic) bond motifs is 1. The minimum absolute atomic E-state index is 0.0933. The van der Waals surface area contributed by atoms with Crippen LogP contribution in [0, 0.1) is 0 Å². The lowest BCUT2D eigenvalue weighted by Crippen LogP contribution is -2.09. The fourth-order valence-corrected chi connectivity index (χ4v) is 2.47. The Morgan fingerprint density at radius 3 is 2.71 bits per heavy atom. The first kappa shape index (κ1) is 15.7. The van der Waals surface area contributed by atoms with E-state index in [-0.39, 0.29) is 11.9 Å². The average molecular weight is 318 g/mol. The van der Waals surface area contributed by atoms with Gasteiger partial charge in [0.2, 0.25) is 5.91 Å². The second kappa shape index (κ2) is 6.91. The summed E-state index contributed by atoms with van der Waals surface area (Å²) in [6, 6.07) is 15.8. The largest absolute Gasteiger partial charge is 0.363 e. The molecule has 0 aliphatic heterocycles. The van der Waals surface area contributed by atoms with Crippen LogP contribution in [-0.4, -0.2) is 15.9 Å². The van der Waals surface area contributed by atoms with E-state index < -0.39 is 0 Å². The standard InChI is InChI=1S/C19H18N4O/c1-3-18(24)23-15-9-10-17-16(11-15)19(21-12-20-17)22-13(2)14-7-5-4-6-8-14/h3-13H,1H2,2H3,(H,23,24)(H,20,21,22). The molecule has 1 heterocycles. The van der Waals surface area contributed by atoms with Crippen LogP contribution in [0.15, 0.2) is 67.5 Å². The highest BCUT2D eigenvalue weighted by Gasteiger charge is 2.10. The summed E-state index contributed by atoms with van der Waals surface area (Å²) >= 11 is 0. The Morgan fingerprint density at radius 2 is 1.96 bits per heavy atom. The van der Waals surface area contributed by atoms with Gasteiger partial charge in [-0.3, -0.25) is 4.79 Å². The van der Waals surface area contributed by atoms with Crippen LogP contribution in [0.3, 0.4) is 0 Å². The molecule has 5 nitrogen and oxygen atoms in total. The Morgan fingerprint density at radius 1 is 1.17 bits per heavy atom. The lowest BCUT2D eigenvalue weighted by atomic mass is 10.1. The van der Waals surface area contributed by atoms with Gasteiger partial charge in [0, 0.05) is 17.1 Å². The zero-order chi connectivity index (χ0) is 16.9. The van der Waals surface area contributed by atoms with Crippen molar-refractivity contribution >= 4 is 28.3 Å². The van der Waals surface area contributed by atoms with Gasteiger partial charge in [0.25, 0.3) is 0 Å². The first-order valence-electron chi connectivity index (χ1n) is 7.67. The van der Waals surface area contributed by atoms with E-state index in [1.807, 2.05) is 30.3 Å².